The van der Waals surface area contributed by atoms with Gasteiger partial charge in [-0.2, -0.15) is 4.31 Å². The molecule has 0 aliphatic carbocycles. The number of ether oxygens (including phenoxy) is 2. The van der Waals surface area contributed by atoms with E-state index < -0.39 is 10.0 Å². The molecule has 5 nitrogen and oxygen atoms in total. The molecule has 0 radical (unpaired) electrons. The molecule has 1 unspecified atom stereocenters. The summed E-state index contributed by atoms with van der Waals surface area (Å²) in [6, 6.07) is 9.01. The van der Waals surface area contributed by atoms with E-state index in [1.807, 2.05) is 38.1 Å². The van der Waals surface area contributed by atoms with E-state index in [0.29, 0.717) is 33.7 Å². The number of aryl methyl sites for hydroxylation is 1. The lowest BCUT2D eigenvalue weighted by molar-refractivity contribution is 0.319. The summed E-state index contributed by atoms with van der Waals surface area (Å²) in [5.41, 5.74) is 2.78. The largest absolute Gasteiger partial charge is 0.493 e. The second-order valence-electron chi connectivity index (χ2n) is 7.10. The van der Waals surface area contributed by atoms with Crippen molar-refractivity contribution in [3.8, 4) is 11.5 Å². The lowest BCUT2D eigenvalue weighted by Crippen LogP contribution is -2.38. The molecule has 3 aromatic rings. The van der Waals surface area contributed by atoms with Gasteiger partial charge in [0, 0.05) is 22.3 Å². The van der Waals surface area contributed by atoms with Crippen LogP contribution >= 0.6 is 22.9 Å². The molecule has 0 saturated heterocycles. The van der Waals surface area contributed by atoms with Crippen LogP contribution in [0.25, 0.3) is 10.1 Å². The highest BCUT2D eigenvalue weighted by molar-refractivity contribution is 7.91. The topological polar surface area (TPSA) is 55.8 Å². The lowest BCUT2D eigenvalue weighted by atomic mass is 9.94. The van der Waals surface area contributed by atoms with Crippen LogP contribution in [0, 0.1) is 6.92 Å². The molecule has 0 bridgehead atoms. The first-order chi connectivity index (χ1) is 13.8. The van der Waals surface area contributed by atoms with Crippen molar-refractivity contribution in [3.63, 3.8) is 0 Å². The van der Waals surface area contributed by atoms with Gasteiger partial charge in [-0.25, -0.2) is 8.42 Å². The summed E-state index contributed by atoms with van der Waals surface area (Å²) in [6.07, 6.45) is 0.620. The standard InChI is InChI=1S/C21H22ClNO4S2/c1-12-16-10-15(22)5-6-20(16)28-21(12)29(24,25)23-8-7-14-9-18(26-3)19(27-4)11-17(14)13(23)2/h5-6,9-11,13H,7-8H2,1-4H3. The molecule has 0 amide bonds. The number of hydrogen-bond acceptors (Lipinski definition) is 5. The van der Waals surface area contributed by atoms with Crippen molar-refractivity contribution in [2.45, 2.75) is 30.5 Å². The van der Waals surface area contributed by atoms with Crippen LogP contribution in [0.5, 0.6) is 11.5 Å². The zero-order valence-electron chi connectivity index (χ0n) is 16.7. The van der Waals surface area contributed by atoms with E-state index in [-0.39, 0.29) is 6.04 Å². The van der Waals surface area contributed by atoms with Crippen molar-refractivity contribution < 1.29 is 17.9 Å². The molecule has 1 atom stereocenters. The van der Waals surface area contributed by atoms with E-state index in [0.717, 1.165) is 26.8 Å². The Hall–Kier alpha value is -1.80. The third-order valence-electron chi connectivity index (χ3n) is 5.53. The minimum absolute atomic E-state index is 0.309. The molecule has 0 N–H and O–H groups in total. The van der Waals surface area contributed by atoms with Crippen LogP contribution in [-0.4, -0.2) is 33.5 Å². The Kier molecular flexibility index (Phi) is 5.27. The van der Waals surface area contributed by atoms with E-state index in [4.69, 9.17) is 21.1 Å². The summed E-state index contributed by atoms with van der Waals surface area (Å²) in [5.74, 6) is 1.26. The van der Waals surface area contributed by atoms with E-state index in [1.165, 1.54) is 11.3 Å². The van der Waals surface area contributed by atoms with Crippen molar-refractivity contribution in [3.05, 3.63) is 52.0 Å². The summed E-state index contributed by atoms with van der Waals surface area (Å²) < 4.78 is 40.9. The molecule has 0 saturated carbocycles. The molecule has 2 aromatic carbocycles. The fourth-order valence-electron chi connectivity index (χ4n) is 3.97. The zero-order chi connectivity index (χ0) is 20.9. The van der Waals surface area contributed by atoms with Crippen LogP contribution in [0.3, 0.4) is 0 Å². The molecule has 1 aliphatic heterocycles. The Morgan fingerprint density at radius 1 is 1.14 bits per heavy atom. The van der Waals surface area contributed by atoms with Crippen molar-refractivity contribution in [2.24, 2.45) is 0 Å². The van der Waals surface area contributed by atoms with Gasteiger partial charge in [-0.1, -0.05) is 11.6 Å². The number of rotatable bonds is 4. The fourth-order valence-corrected chi connectivity index (χ4v) is 7.62. The summed E-state index contributed by atoms with van der Waals surface area (Å²) in [4.78, 5) is 0. The Labute approximate surface area is 179 Å². The van der Waals surface area contributed by atoms with Crippen molar-refractivity contribution in [1.29, 1.82) is 0 Å². The molecule has 29 heavy (non-hydrogen) atoms. The van der Waals surface area contributed by atoms with E-state index >= 15 is 0 Å². The van der Waals surface area contributed by atoms with Gasteiger partial charge in [0.25, 0.3) is 10.0 Å². The predicted molar refractivity (Wildman–Crippen MR) is 117 cm³/mol. The molecule has 8 heteroatoms. The van der Waals surface area contributed by atoms with Gasteiger partial charge in [0.1, 0.15) is 4.21 Å². The minimum Gasteiger partial charge on any atom is -0.493 e. The molecular weight excluding hydrogens is 430 g/mol. The van der Waals surface area contributed by atoms with E-state index in [2.05, 4.69) is 0 Å². The highest BCUT2D eigenvalue weighted by atomic mass is 35.5. The van der Waals surface area contributed by atoms with Crippen LogP contribution in [0.1, 0.15) is 29.7 Å². The number of benzene rings is 2. The van der Waals surface area contributed by atoms with Gasteiger partial charge in [0.05, 0.1) is 14.2 Å². The first-order valence-electron chi connectivity index (χ1n) is 9.23. The van der Waals surface area contributed by atoms with Gasteiger partial charge in [0.2, 0.25) is 0 Å². The van der Waals surface area contributed by atoms with Gasteiger partial charge < -0.3 is 9.47 Å². The maximum atomic E-state index is 13.6. The molecular formula is C21H22ClNO4S2. The van der Waals surface area contributed by atoms with E-state index in [9.17, 15) is 8.42 Å². The summed E-state index contributed by atoms with van der Waals surface area (Å²) in [6.45, 7) is 4.18. The smallest absolute Gasteiger partial charge is 0.253 e. The third kappa shape index (κ3) is 3.30. The summed E-state index contributed by atoms with van der Waals surface area (Å²) in [7, 11) is -0.476. The molecule has 2 heterocycles. The zero-order valence-corrected chi connectivity index (χ0v) is 19.0. The highest BCUT2D eigenvalue weighted by Gasteiger charge is 2.36. The molecule has 1 aliphatic rings. The summed E-state index contributed by atoms with van der Waals surface area (Å²) >= 11 is 7.42. The quantitative estimate of drug-likeness (QED) is 0.547. The lowest BCUT2D eigenvalue weighted by Gasteiger charge is -2.34. The average molecular weight is 452 g/mol. The number of hydrogen-bond donors (Lipinski definition) is 0. The van der Waals surface area contributed by atoms with Gasteiger partial charge in [0.15, 0.2) is 11.5 Å². The Balaban J connectivity index is 1.79. The van der Waals surface area contributed by atoms with Gasteiger partial charge >= 0.3 is 0 Å². The Morgan fingerprint density at radius 3 is 2.52 bits per heavy atom. The number of methoxy groups -OCH3 is 2. The maximum absolute atomic E-state index is 13.6. The van der Waals surface area contributed by atoms with Gasteiger partial charge in [-0.05, 0) is 72.7 Å². The van der Waals surface area contributed by atoms with Gasteiger partial charge in [-0.3, -0.25) is 0 Å². The minimum atomic E-state index is -3.66. The number of halogens is 1. The molecule has 4 rings (SSSR count). The number of sulfonamides is 1. The first-order valence-corrected chi connectivity index (χ1v) is 11.9. The SMILES string of the molecule is COc1cc2c(cc1OC)C(C)N(S(=O)(=O)c1sc3ccc(Cl)cc3c1C)CC2. The molecule has 0 spiro atoms. The third-order valence-corrected chi connectivity index (χ3v) is 9.60. The van der Waals surface area contributed by atoms with Crippen molar-refractivity contribution in [1.82, 2.24) is 4.31 Å². The molecule has 0 fully saturated rings. The second-order valence-corrected chi connectivity index (χ2v) is 10.7. The second kappa shape index (κ2) is 7.47. The average Bonchev–Trinajstić information content (AvgIpc) is 3.04. The number of thiophene rings is 1. The van der Waals surface area contributed by atoms with Crippen LogP contribution in [-0.2, 0) is 16.4 Å². The van der Waals surface area contributed by atoms with Gasteiger partial charge in [-0.15, -0.1) is 11.3 Å². The predicted octanol–water partition coefficient (Wildman–Crippen LogP) is 5.19. The van der Waals surface area contributed by atoms with Crippen molar-refractivity contribution in [2.75, 3.05) is 20.8 Å². The molecule has 1 aromatic heterocycles. The van der Waals surface area contributed by atoms with E-state index in [1.54, 1.807) is 24.6 Å². The fraction of sp³-hybridized carbons (Fsp3) is 0.333. The Morgan fingerprint density at radius 2 is 1.83 bits per heavy atom. The number of fused-ring (bicyclic) bond motifs is 2. The molecule has 154 valence electrons. The van der Waals surface area contributed by atoms with Crippen LogP contribution in [0.2, 0.25) is 5.02 Å². The Bertz CT molecular complexity index is 1200. The number of nitrogens with zero attached hydrogens (tertiary/aromatic N) is 1. The van der Waals surface area contributed by atoms with Crippen LogP contribution in [0.15, 0.2) is 34.5 Å². The van der Waals surface area contributed by atoms with Crippen LogP contribution in [0.4, 0.5) is 0 Å². The van der Waals surface area contributed by atoms with Crippen molar-refractivity contribution >= 4 is 43.0 Å². The monoisotopic (exact) mass is 451 g/mol. The summed E-state index contributed by atoms with van der Waals surface area (Å²) in [5, 5.41) is 1.49. The highest BCUT2D eigenvalue weighted by Crippen LogP contribution is 2.43. The normalized spacial score (nSPS) is 17.3. The van der Waals surface area contributed by atoms with Crippen LogP contribution < -0.4 is 9.47 Å². The maximum Gasteiger partial charge on any atom is 0.253 e. The first kappa shape index (κ1) is 20.5.